The number of hydrogen-bond acceptors (Lipinski definition) is 3. The quantitative estimate of drug-likeness (QED) is 0.792. The highest BCUT2D eigenvalue weighted by molar-refractivity contribution is 5.70. The van der Waals surface area contributed by atoms with Crippen LogP contribution < -0.4 is 4.74 Å². The van der Waals surface area contributed by atoms with Crippen molar-refractivity contribution in [3.63, 3.8) is 0 Å². The van der Waals surface area contributed by atoms with E-state index in [0.29, 0.717) is 12.2 Å². The van der Waals surface area contributed by atoms with Crippen LogP contribution in [-0.2, 0) is 11.2 Å². The van der Waals surface area contributed by atoms with Crippen LogP contribution in [-0.4, -0.2) is 11.1 Å². The Morgan fingerprint density at radius 1 is 1.08 bits per heavy atom. The Bertz CT molecular complexity index is 868. The van der Waals surface area contributed by atoms with Crippen molar-refractivity contribution in [3.8, 4) is 17.6 Å². The van der Waals surface area contributed by atoms with Crippen molar-refractivity contribution in [2.75, 3.05) is 0 Å². The Hall–Kier alpha value is -2.80. The molecule has 1 N–H and O–H groups in total. The Labute approximate surface area is 154 Å². The zero-order valence-electron chi connectivity index (χ0n) is 15.3. The summed E-state index contributed by atoms with van der Waals surface area (Å²) >= 11 is 0. The molecule has 0 aliphatic heterocycles. The highest BCUT2D eigenvalue weighted by Gasteiger charge is 2.80. The molecule has 0 bridgehead atoms. The molecule has 4 nitrogen and oxygen atoms in total. The molecule has 2 aromatic rings. The van der Waals surface area contributed by atoms with E-state index in [1.807, 2.05) is 75.4 Å². The molecule has 0 radical (unpaired) electrons. The third-order valence-corrected chi connectivity index (χ3v) is 6.37. The maximum atomic E-state index is 11.3. The monoisotopic (exact) mass is 349 g/mol. The lowest BCUT2D eigenvalue weighted by Gasteiger charge is -2.15. The number of benzene rings is 2. The van der Waals surface area contributed by atoms with E-state index in [0.717, 1.165) is 11.3 Å². The van der Waals surface area contributed by atoms with Crippen molar-refractivity contribution < 1.29 is 14.6 Å². The van der Waals surface area contributed by atoms with E-state index in [-0.39, 0.29) is 11.8 Å². The number of nitrogens with zero attached hydrogens (tertiary/aromatic N) is 1. The Kier molecular flexibility index (Phi) is 4.28. The Morgan fingerprint density at radius 2 is 1.73 bits per heavy atom. The molecule has 2 aromatic carbocycles. The molecular formula is C22H23NO3. The summed E-state index contributed by atoms with van der Waals surface area (Å²) in [6, 6.07) is 19.7. The number of para-hydroxylation sites is 1. The number of carboxylic acid groups (broad SMARTS) is 1. The van der Waals surface area contributed by atoms with Gasteiger partial charge in [0.15, 0.2) is 0 Å². The van der Waals surface area contributed by atoms with E-state index >= 15 is 0 Å². The number of ether oxygens (including phenoxy) is 1. The minimum Gasteiger partial charge on any atom is -0.481 e. The van der Waals surface area contributed by atoms with Gasteiger partial charge in [-0.15, -0.1) is 0 Å². The van der Waals surface area contributed by atoms with Crippen molar-refractivity contribution >= 4 is 5.97 Å². The molecule has 0 aromatic heterocycles. The number of carboxylic acids is 1. The molecule has 134 valence electrons. The van der Waals surface area contributed by atoms with Gasteiger partial charge >= 0.3 is 5.97 Å². The van der Waals surface area contributed by atoms with Crippen LogP contribution in [0.2, 0.25) is 0 Å². The summed E-state index contributed by atoms with van der Waals surface area (Å²) in [5, 5.41) is 19.2. The molecule has 1 aliphatic rings. The second-order valence-electron chi connectivity index (χ2n) is 7.78. The van der Waals surface area contributed by atoms with Crippen LogP contribution in [0.15, 0.2) is 54.6 Å². The summed E-state index contributed by atoms with van der Waals surface area (Å²) in [5.41, 5.74) is -0.661. The molecule has 0 spiro atoms. The zero-order valence-corrected chi connectivity index (χ0v) is 15.3. The van der Waals surface area contributed by atoms with E-state index in [1.54, 1.807) is 0 Å². The molecule has 3 rings (SSSR count). The van der Waals surface area contributed by atoms with Crippen LogP contribution in [0.3, 0.4) is 0 Å². The lowest BCUT2D eigenvalue weighted by atomic mass is 9.87. The van der Waals surface area contributed by atoms with Gasteiger partial charge in [0.2, 0.25) is 0 Å². The second-order valence-corrected chi connectivity index (χ2v) is 7.78. The number of rotatable bonds is 6. The predicted molar refractivity (Wildman–Crippen MR) is 98.8 cm³/mol. The van der Waals surface area contributed by atoms with Crippen molar-refractivity contribution in [1.29, 1.82) is 5.26 Å². The fraction of sp³-hybridized carbons (Fsp3) is 0.364. The molecule has 4 heteroatoms. The van der Waals surface area contributed by atoms with Crippen LogP contribution >= 0.6 is 0 Å². The van der Waals surface area contributed by atoms with Gasteiger partial charge in [0.1, 0.15) is 11.5 Å². The minimum absolute atomic E-state index is 0.00618. The van der Waals surface area contributed by atoms with Crippen LogP contribution in [0.4, 0.5) is 0 Å². The third kappa shape index (κ3) is 2.64. The molecule has 1 saturated carbocycles. The van der Waals surface area contributed by atoms with Crippen LogP contribution in [0, 0.1) is 27.6 Å². The van der Waals surface area contributed by atoms with E-state index < -0.39 is 16.8 Å². The number of hydrogen-bond donors (Lipinski definition) is 1. The molecule has 1 aliphatic carbocycles. The first-order valence-electron chi connectivity index (χ1n) is 8.71. The maximum Gasteiger partial charge on any atom is 0.303 e. The summed E-state index contributed by atoms with van der Waals surface area (Å²) in [7, 11) is 0. The van der Waals surface area contributed by atoms with E-state index in [2.05, 4.69) is 6.07 Å². The summed E-state index contributed by atoms with van der Waals surface area (Å²) in [6.45, 7) is 5.89. The van der Waals surface area contributed by atoms with Gasteiger partial charge in [0.25, 0.3) is 0 Å². The van der Waals surface area contributed by atoms with Gasteiger partial charge in [-0.1, -0.05) is 51.1 Å². The van der Waals surface area contributed by atoms with Crippen LogP contribution in [0.25, 0.3) is 0 Å². The topological polar surface area (TPSA) is 70.3 Å². The summed E-state index contributed by atoms with van der Waals surface area (Å²) in [4.78, 5) is 11.3. The number of carbonyl (C=O) groups is 1. The standard InChI is InChI=1S/C22H23NO3/c1-20(2)21(3,14-19(24)25)22(20,15-23)13-16-8-7-11-18(12-16)26-17-9-5-4-6-10-17/h4-12H,13-14H2,1-3H3,(H,24,25). The third-order valence-electron chi connectivity index (χ3n) is 6.37. The van der Waals surface area contributed by atoms with Crippen molar-refractivity contribution in [3.05, 3.63) is 60.2 Å². The molecule has 2 unspecified atom stereocenters. The SMILES string of the molecule is CC1(C)C(C)(CC(=O)O)C1(C#N)Cc1cccc(Oc2ccccc2)c1. The lowest BCUT2D eigenvalue weighted by molar-refractivity contribution is -0.138. The van der Waals surface area contributed by atoms with Crippen molar-refractivity contribution in [1.82, 2.24) is 0 Å². The molecular weight excluding hydrogens is 326 g/mol. The lowest BCUT2D eigenvalue weighted by Crippen LogP contribution is -2.16. The van der Waals surface area contributed by atoms with Crippen LogP contribution in [0.1, 0.15) is 32.8 Å². The first-order valence-corrected chi connectivity index (χ1v) is 8.71. The summed E-state index contributed by atoms with van der Waals surface area (Å²) in [5.74, 6) is 0.598. The van der Waals surface area contributed by atoms with E-state index in [1.165, 1.54) is 0 Å². The van der Waals surface area contributed by atoms with Crippen LogP contribution in [0.5, 0.6) is 11.5 Å². The average Bonchev–Trinajstić information content (AvgIpc) is 2.94. The predicted octanol–water partition coefficient (Wildman–Crippen LogP) is 5.05. The van der Waals surface area contributed by atoms with Crippen molar-refractivity contribution in [2.45, 2.75) is 33.6 Å². The normalized spacial score (nSPS) is 25.9. The molecule has 0 saturated heterocycles. The van der Waals surface area contributed by atoms with Crippen molar-refractivity contribution in [2.24, 2.45) is 16.2 Å². The average molecular weight is 349 g/mol. The van der Waals surface area contributed by atoms with E-state index in [4.69, 9.17) is 4.74 Å². The Morgan fingerprint density at radius 3 is 2.35 bits per heavy atom. The highest BCUT2D eigenvalue weighted by Crippen LogP contribution is 2.80. The second kappa shape index (κ2) is 6.17. The Balaban J connectivity index is 1.85. The van der Waals surface area contributed by atoms with Gasteiger partial charge in [-0.25, -0.2) is 0 Å². The largest absolute Gasteiger partial charge is 0.481 e. The maximum absolute atomic E-state index is 11.3. The fourth-order valence-electron chi connectivity index (χ4n) is 4.34. The molecule has 0 heterocycles. The fourth-order valence-corrected chi connectivity index (χ4v) is 4.34. The molecule has 1 fully saturated rings. The first-order chi connectivity index (χ1) is 12.3. The smallest absolute Gasteiger partial charge is 0.303 e. The van der Waals surface area contributed by atoms with Gasteiger partial charge in [0, 0.05) is 5.41 Å². The molecule has 26 heavy (non-hydrogen) atoms. The van der Waals surface area contributed by atoms with Gasteiger partial charge in [0.05, 0.1) is 17.9 Å². The molecule has 2 atom stereocenters. The first kappa shape index (κ1) is 18.0. The minimum atomic E-state index is -0.862. The highest BCUT2D eigenvalue weighted by atomic mass is 16.5. The van der Waals surface area contributed by atoms with E-state index in [9.17, 15) is 15.2 Å². The van der Waals surface area contributed by atoms with Gasteiger partial charge in [-0.05, 0) is 41.7 Å². The number of nitriles is 1. The summed E-state index contributed by atoms with van der Waals surface area (Å²) < 4.78 is 5.88. The van der Waals surface area contributed by atoms with Gasteiger partial charge in [-0.2, -0.15) is 5.26 Å². The molecule has 0 amide bonds. The van der Waals surface area contributed by atoms with Gasteiger partial charge in [-0.3, -0.25) is 4.79 Å². The van der Waals surface area contributed by atoms with Gasteiger partial charge < -0.3 is 9.84 Å². The zero-order chi connectivity index (χ0) is 19.0. The summed E-state index contributed by atoms with van der Waals surface area (Å²) in [6.07, 6.45) is 0.500. The number of aliphatic carboxylic acids is 1.